The molecule has 1 aliphatic rings. The Balaban J connectivity index is 1.86. The van der Waals surface area contributed by atoms with Crippen LogP contribution < -0.4 is 4.90 Å². The van der Waals surface area contributed by atoms with E-state index in [4.69, 9.17) is 4.74 Å². The van der Waals surface area contributed by atoms with Crippen LogP contribution in [0.1, 0.15) is 35.8 Å². The van der Waals surface area contributed by atoms with Crippen molar-refractivity contribution < 1.29 is 9.53 Å². The first-order valence-corrected chi connectivity index (χ1v) is 7.99. The smallest absolute Gasteiger partial charge is 0.338 e. The summed E-state index contributed by atoms with van der Waals surface area (Å²) >= 11 is 0. The van der Waals surface area contributed by atoms with E-state index in [-0.39, 0.29) is 12.0 Å². The van der Waals surface area contributed by atoms with E-state index in [0.29, 0.717) is 18.2 Å². The van der Waals surface area contributed by atoms with Crippen LogP contribution in [0, 0.1) is 0 Å². The largest absolute Gasteiger partial charge is 0.462 e. The van der Waals surface area contributed by atoms with Crippen LogP contribution in [0.5, 0.6) is 0 Å². The normalized spacial score (nSPS) is 19.8. The Labute approximate surface area is 137 Å². The summed E-state index contributed by atoms with van der Waals surface area (Å²) in [5.74, 6) is -0.272. The topological polar surface area (TPSA) is 29.5 Å². The minimum Gasteiger partial charge on any atom is -0.462 e. The van der Waals surface area contributed by atoms with E-state index in [0.717, 1.165) is 5.69 Å². The van der Waals surface area contributed by atoms with Crippen molar-refractivity contribution in [3.05, 3.63) is 77.9 Å². The van der Waals surface area contributed by atoms with E-state index in [1.165, 1.54) is 5.56 Å². The Kier molecular flexibility index (Phi) is 4.47. The third-order valence-electron chi connectivity index (χ3n) is 4.13. The zero-order chi connectivity index (χ0) is 16.2. The van der Waals surface area contributed by atoms with Crippen LogP contribution in [0.25, 0.3) is 0 Å². The highest BCUT2D eigenvalue weighted by molar-refractivity contribution is 5.89. The van der Waals surface area contributed by atoms with E-state index in [2.05, 4.69) is 48.2 Å². The van der Waals surface area contributed by atoms with Crippen molar-refractivity contribution in [3.63, 3.8) is 0 Å². The summed E-state index contributed by atoms with van der Waals surface area (Å²) in [6, 6.07) is 18.6. The first-order valence-electron chi connectivity index (χ1n) is 7.99. The zero-order valence-corrected chi connectivity index (χ0v) is 13.5. The van der Waals surface area contributed by atoms with Gasteiger partial charge in [0.25, 0.3) is 0 Å². The molecule has 0 saturated heterocycles. The lowest BCUT2D eigenvalue weighted by molar-refractivity contribution is 0.0526. The number of anilines is 1. The van der Waals surface area contributed by atoms with Gasteiger partial charge in [-0.05, 0) is 43.7 Å². The van der Waals surface area contributed by atoms with Gasteiger partial charge in [-0.3, -0.25) is 0 Å². The molecule has 2 aromatic rings. The Morgan fingerprint density at radius 3 is 2.39 bits per heavy atom. The SMILES string of the molecule is CCOC(=O)c1ccc(N2C(C)C=CC2c2ccccc2)cc1. The Morgan fingerprint density at radius 2 is 1.74 bits per heavy atom. The molecule has 0 N–H and O–H groups in total. The van der Waals surface area contributed by atoms with Gasteiger partial charge in [0.15, 0.2) is 0 Å². The number of carbonyl (C=O) groups is 1. The molecule has 118 valence electrons. The van der Waals surface area contributed by atoms with Gasteiger partial charge in [-0.2, -0.15) is 0 Å². The van der Waals surface area contributed by atoms with Gasteiger partial charge in [0.1, 0.15) is 0 Å². The van der Waals surface area contributed by atoms with E-state index in [1.54, 1.807) is 0 Å². The van der Waals surface area contributed by atoms with Crippen molar-refractivity contribution >= 4 is 11.7 Å². The van der Waals surface area contributed by atoms with Gasteiger partial charge in [0.05, 0.1) is 18.2 Å². The molecule has 2 aromatic carbocycles. The Hall–Kier alpha value is -2.55. The lowest BCUT2D eigenvalue weighted by Gasteiger charge is -2.31. The monoisotopic (exact) mass is 307 g/mol. The summed E-state index contributed by atoms with van der Waals surface area (Å²) in [6.45, 7) is 4.39. The summed E-state index contributed by atoms with van der Waals surface area (Å²) in [5.41, 5.74) is 2.96. The molecule has 3 nitrogen and oxygen atoms in total. The molecule has 3 heteroatoms. The maximum atomic E-state index is 11.8. The fourth-order valence-electron chi connectivity index (χ4n) is 3.01. The van der Waals surface area contributed by atoms with Crippen molar-refractivity contribution in [2.45, 2.75) is 25.9 Å². The fourth-order valence-corrected chi connectivity index (χ4v) is 3.01. The maximum Gasteiger partial charge on any atom is 0.338 e. The first kappa shape index (κ1) is 15.3. The van der Waals surface area contributed by atoms with Crippen molar-refractivity contribution in [2.75, 3.05) is 11.5 Å². The molecule has 0 aromatic heterocycles. The molecule has 0 bridgehead atoms. The molecule has 0 aliphatic carbocycles. The average molecular weight is 307 g/mol. The van der Waals surface area contributed by atoms with Gasteiger partial charge < -0.3 is 9.64 Å². The summed E-state index contributed by atoms with van der Waals surface area (Å²) in [4.78, 5) is 14.1. The van der Waals surface area contributed by atoms with Gasteiger partial charge in [-0.1, -0.05) is 42.5 Å². The predicted octanol–water partition coefficient (Wildman–Crippen LogP) is 4.37. The fraction of sp³-hybridized carbons (Fsp3) is 0.250. The number of hydrogen-bond acceptors (Lipinski definition) is 3. The molecule has 1 aliphatic heterocycles. The molecule has 0 amide bonds. The third-order valence-corrected chi connectivity index (χ3v) is 4.13. The van der Waals surface area contributed by atoms with Gasteiger partial charge in [-0.25, -0.2) is 4.79 Å². The molecular weight excluding hydrogens is 286 g/mol. The van der Waals surface area contributed by atoms with Crippen LogP contribution in [0.15, 0.2) is 66.7 Å². The van der Waals surface area contributed by atoms with E-state index >= 15 is 0 Å². The molecule has 0 spiro atoms. The van der Waals surface area contributed by atoms with Crippen LogP contribution >= 0.6 is 0 Å². The van der Waals surface area contributed by atoms with Crippen molar-refractivity contribution in [1.29, 1.82) is 0 Å². The third kappa shape index (κ3) is 3.14. The second-order valence-corrected chi connectivity index (χ2v) is 5.66. The van der Waals surface area contributed by atoms with E-state index < -0.39 is 0 Å². The molecule has 3 rings (SSSR count). The highest BCUT2D eigenvalue weighted by Crippen LogP contribution is 2.35. The highest BCUT2D eigenvalue weighted by Gasteiger charge is 2.27. The number of rotatable bonds is 4. The summed E-state index contributed by atoms with van der Waals surface area (Å²) in [5, 5.41) is 0. The molecule has 0 fully saturated rings. The molecule has 1 heterocycles. The Morgan fingerprint density at radius 1 is 1.04 bits per heavy atom. The van der Waals surface area contributed by atoms with Crippen molar-refractivity contribution in [2.24, 2.45) is 0 Å². The van der Waals surface area contributed by atoms with Crippen LogP contribution in [0.2, 0.25) is 0 Å². The van der Waals surface area contributed by atoms with Gasteiger partial charge in [0.2, 0.25) is 0 Å². The number of carbonyl (C=O) groups excluding carboxylic acids is 1. The zero-order valence-electron chi connectivity index (χ0n) is 13.5. The number of esters is 1. The standard InChI is InChI=1S/C20H21NO2/c1-3-23-20(22)17-10-12-18(13-11-17)21-15(2)9-14-19(21)16-7-5-4-6-8-16/h4-15,19H,3H2,1-2H3. The van der Waals surface area contributed by atoms with E-state index in [9.17, 15) is 4.79 Å². The molecular formula is C20H21NO2. The average Bonchev–Trinajstić information content (AvgIpc) is 2.97. The van der Waals surface area contributed by atoms with Crippen molar-refractivity contribution in [3.8, 4) is 0 Å². The first-order chi connectivity index (χ1) is 11.2. The van der Waals surface area contributed by atoms with Gasteiger partial charge in [-0.15, -0.1) is 0 Å². The maximum absolute atomic E-state index is 11.8. The minimum absolute atomic E-state index is 0.222. The lowest BCUT2D eigenvalue weighted by Crippen LogP contribution is -2.30. The van der Waals surface area contributed by atoms with Crippen LogP contribution in [0.3, 0.4) is 0 Å². The number of nitrogens with zero attached hydrogens (tertiary/aromatic N) is 1. The van der Waals surface area contributed by atoms with E-state index in [1.807, 2.05) is 37.3 Å². The Bertz CT molecular complexity index is 691. The number of ether oxygens (including phenoxy) is 1. The molecule has 0 saturated carbocycles. The predicted molar refractivity (Wildman–Crippen MR) is 92.7 cm³/mol. The second-order valence-electron chi connectivity index (χ2n) is 5.66. The second kappa shape index (κ2) is 6.69. The van der Waals surface area contributed by atoms with Gasteiger partial charge >= 0.3 is 5.97 Å². The van der Waals surface area contributed by atoms with Crippen molar-refractivity contribution in [1.82, 2.24) is 0 Å². The highest BCUT2D eigenvalue weighted by atomic mass is 16.5. The van der Waals surface area contributed by atoms with Crippen LogP contribution in [0.4, 0.5) is 5.69 Å². The van der Waals surface area contributed by atoms with Crippen LogP contribution in [-0.4, -0.2) is 18.6 Å². The lowest BCUT2D eigenvalue weighted by atomic mass is 10.1. The number of hydrogen-bond donors (Lipinski definition) is 0. The summed E-state index contributed by atoms with van der Waals surface area (Å²) in [6.07, 6.45) is 4.45. The number of benzene rings is 2. The van der Waals surface area contributed by atoms with Crippen LogP contribution in [-0.2, 0) is 4.74 Å². The molecule has 23 heavy (non-hydrogen) atoms. The minimum atomic E-state index is -0.272. The quantitative estimate of drug-likeness (QED) is 0.620. The molecule has 2 atom stereocenters. The molecule has 2 unspecified atom stereocenters. The van der Waals surface area contributed by atoms with Gasteiger partial charge in [0, 0.05) is 11.7 Å². The summed E-state index contributed by atoms with van der Waals surface area (Å²) in [7, 11) is 0. The summed E-state index contributed by atoms with van der Waals surface area (Å²) < 4.78 is 5.04. The molecule has 0 radical (unpaired) electrons.